The van der Waals surface area contributed by atoms with Gasteiger partial charge in [0.25, 0.3) is 0 Å². The molecule has 0 aliphatic carbocycles. The fourth-order valence-corrected chi connectivity index (χ4v) is 3.22. The Morgan fingerprint density at radius 2 is 2.09 bits per heavy atom. The Morgan fingerprint density at radius 3 is 2.87 bits per heavy atom. The minimum atomic E-state index is 0.336. The van der Waals surface area contributed by atoms with Crippen molar-refractivity contribution >= 4 is 11.8 Å². The summed E-state index contributed by atoms with van der Waals surface area (Å²) in [5, 5.41) is 3.37. The lowest BCUT2D eigenvalue weighted by molar-refractivity contribution is 0.314. The van der Waals surface area contributed by atoms with Gasteiger partial charge in [-0.05, 0) is 37.8 Å². The van der Waals surface area contributed by atoms with Gasteiger partial charge in [-0.25, -0.2) is 4.98 Å². The van der Waals surface area contributed by atoms with Crippen molar-refractivity contribution in [2.24, 2.45) is 5.92 Å². The molecule has 0 bridgehead atoms. The number of hydrogen-bond donors (Lipinski definition) is 2. The molecule has 1 saturated heterocycles. The van der Waals surface area contributed by atoms with Gasteiger partial charge in [0.2, 0.25) is 5.95 Å². The second-order valence-corrected chi connectivity index (χ2v) is 6.34. The number of anilines is 2. The molecule has 23 heavy (non-hydrogen) atoms. The minimum Gasteiger partial charge on any atom is -0.370 e. The van der Waals surface area contributed by atoms with E-state index in [-0.39, 0.29) is 0 Å². The third kappa shape index (κ3) is 4.66. The zero-order valence-electron chi connectivity index (χ0n) is 13.7. The van der Waals surface area contributed by atoms with Crippen molar-refractivity contribution < 1.29 is 0 Å². The van der Waals surface area contributed by atoms with Crippen molar-refractivity contribution in [1.82, 2.24) is 14.9 Å². The van der Waals surface area contributed by atoms with E-state index in [4.69, 9.17) is 5.73 Å². The van der Waals surface area contributed by atoms with E-state index in [1.54, 1.807) is 0 Å². The van der Waals surface area contributed by atoms with E-state index in [0.717, 1.165) is 36.9 Å². The second-order valence-electron chi connectivity index (χ2n) is 6.34. The van der Waals surface area contributed by atoms with Gasteiger partial charge in [0.1, 0.15) is 5.82 Å². The lowest BCUT2D eigenvalue weighted by atomic mass is 10.1. The molecular formula is C18H25N5. The number of nitrogens with one attached hydrogen (secondary N) is 1. The van der Waals surface area contributed by atoms with E-state index in [1.165, 1.54) is 25.1 Å². The number of aryl methyl sites for hydroxylation is 1. The first kappa shape index (κ1) is 15.7. The molecule has 1 aromatic carbocycles. The molecule has 1 unspecified atom stereocenters. The normalized spacial score (nSPS) is 18.2. The van der Waals surface area contributed by atoms with Gasteiger partial charge < -0.3 is 11.1 Å². The average molecular weight is 311 g/mol. The molecule has 3 rings (SSSR count). The number of benzene rings is 1. The van der Waals surface area contributed by atoms with Crippen LogP contribution in [0, 0.1) is 12.8 Å². The van der Waals surface area contributed by atoms with Crippen LogP contribution in [0.5, 0.6) is 0 Å². The summed E-state index contributed by atoms with van der Waals surface area (Å²) < 4.78 is 0. The Kier molecular flexibility index (Phi) is 5.08. The van der Waals surface area contributed by atoms with Crippen LogP contribution in [0.3, 0.4) is 0 Å². The molecular weight excluding hydrogens is 286 g/mol. The Bertz CT molecular complexity index is 608. The van der Waals surface area contributed by atoms with Crippen molar-refractivity contribution in [2.45, 2.75) is 26.3 Å². The number of nitrogens with two attached hydrogens (primary N) is 1. The molecule has 122 valence electrons. The molecule has 3 N–H and O–H groups in total. The van der Waals surface area contributed by atoms with Crippen molar-refractivity contribution in [3.8, 4) is 0 Å². The number of hydrogen-bond acceptors (Lipinski definition) is 5. The van der Waals surface area contributed by atoms with Crippen molar-refractivity contribution in [2.75, 3.05) is 30.7 Å². The van der Waals surface area contributed by atoms with E-state index < -0.39 is 0 Å². The maximum absolute atomic E-state index is 5.68. The Morgan fingerprint density at radius 1 is 1.26 bits per heavy atom. The standard InChI is InChI=1S/C18H25N5/c1-14-11-17(22-18(19)21-14)20-9-7-16-8-10-23(13-16)12-15-5-3-2-4-6-15/h2-6,11,16H,7-10,12-13H2,1H3,(H3,19,20,21,22). The zero-order valence-corrected chi connectivity index (χ0v) is 13.7. The minimum absolute atomic E-state index is 0.336. The molecule has 1 aliphatic rings. The van der Waals surface area contributed by atoms with Gasteiger partial charge in [-0.3, -0.25) is 4.90 Å². The molecule has 0 radical (unpaired) electrons. The van der Waals surface area contributed by atoms with E-state index >= 15 is 0 Å². The highest BCUT2D eigenvalue weighted by Crippen LogP contribution is 2.21. The van der Waals surface area contributed by atoms with Gasteiger partial charge in [0.15, 0.2) is 0 Å². The maximum atomic E-state index is 5.68. The first-order chi connectivity index (χ1) is 11.2. The van der Waals surface area contributed by atoms with Crippen LogP contribution < -0.4 is 11.1 Å². The third-order valence-corrected chi connectivity index (χ3v) is 4.35. The van der Waals surface area contributed by atoms with Crippen LogP contribution in [-0.2, 0) is 6.54 Å². The van der Waals surface area contributed by atoms with Gasteiger partial charge in [-0.2, -0.15) is 4.98 Å². The average Bonchev–Trinajstić information content (AvgIpc) is 2.95. The summed E-state index contributed by atoms with van der Waals surface area (Å²) in [6, 6.07) is 12.6. The highest BCUT2D eigenvalue weighted by atomic mass is 15.1. The molecule has 0 amide bonds. The molecule has 1 aromatic heterocycles. The van der Waals surface area contributed by atoms with E-state index in [2.05, 4.69) is 50.5 Å². The van der Waals surface area contributed by atoms with E-state index in [0.29, 0.717) is 5.95 Å². The van der Waals surface area contributed by atoms with Crippen LogP contribution in [0.1, 0.15) is 24.1 Å². The van der Waals surface area contributed by atoms with Gasteiger partial charge >= 0.3 is 0 Å². The Balaban J connectivity index is 1.42. The smallest absolute Gasteiger partial charge is 0.222 e. The summed E-state index contributed by atoms with van der Waals surface area (Å²) in [4.78, 5) is 10.9. The van der Waals surface area contributed by atoms with Crippen LogP contribution in [0.2, 0.25) is 0 Å². The van der Waals surface area contributed by atoms with Crippen molar-refractivity contribution in [3.63, 3.8) is 0 Å². The monoisotopic (exact) mass is 311 g/mol. The molecule has 5 nitrogen and oxygen atoms in total. The largest absolute Gasteiger partial charge is 0.370 e. The van der Waals surface area contributed by atoms with E-state index in [1.807, 2.05) is 13.0 Å². The zero-order chi connectivity index (χ0) is 16.1. The fraction of sp³-hybridized carbons (Fsp3) is 0.444. The summed E-state index contributed by atoms with van der Waals surface area (Å²) in [6.07, 6.45) is 2.44. The molecule has 5 heteroatoms. The lowest BCUT2D eigenvalue weighted by Gasteiger charge is -2.16. The molecule has 1 aliphatic heterocycles. The third-order valence-electron chi connectivity index (χ3n) is 4.35. The van der Waals surface area contributed by atoms with Gasteiger partial charge in [-0.1, -0.05) is 30.3 Å². The summed E-state index contributed by atoms with van der Waals surface area (Å²) in [7, 11) is 0. The SMILES string of the molecule is Cc1cc(NCCC2CCN(Cc3ccccc3)C2)nc(N)n1. The van der Waals surface area contributed by atoms with Crippen LogP contribution in [0.15, 0.2) is 36.4 Å². The van der Waals surface area contributed by atoms with Crippen molar-refractivity contribution in [3.05, 3.63) is 47.7 Å². The van der Waals surface area contributed by atoms with Gasteiger partial charge in [-0.15, -0.1) is 0 Å². The number of nitrogens with zero attached hydrogens (tertiary/aromatic N) is 3. The quantitative estimate of drug-likeness (QED) is 0.858. The predicted octanol–water partition coefficient (Wildman–Crippen LogP) is 2.69. The highest BCUT2D eigenvalue weighted by Gasteiger charge is 2.21. The molecule has 2 heterocycles. The fourth-order valence-electron chi connectivity index (χ4n) is 3.22. The topological polar surface area (TPSA) is 67.1 Å². The number of likely N-dealkylation sites (tertiary alicyclic amines) is 1. The van der Waals surface area contributed by atoms with Crippen LogP contribution >= 0.6 is 0 Å². The lowest BCUT2D eigenvalue weighted by Crippen LogP contribution is -2.20. The molecule has 2 aromatic rings. The van der Waals surface area contributed by atoms with Gasteiger partial charge in [0.05, 0.1) is 0 Å². The summed E-state index contributed by atoms with van der Waals surface area (Å²) in [5.74, 6) is 1.92. The van der Waals surface area contributed by atoms with Crippen LogP contribution in [-0.4, -0.2) is 34.5 Å². The number of aromatic nitrogens is 2. The molecule has 0 spiro atoms. The summed E-state index contributed by atoms with van der Waals surface area (Å²) in [5.41, 5.74) is 7.98. The summed E-state index contributed by atoms with van der Waals surface area (Å²) >= 11 is 0. The van der Waals surface area contributed by atoms with Crippen LogP contribution in [0.4, 0.5) is 11.8 Å². The Labute approximate surface area is 137 Å². The molecule has 0 saturated carbocycles. The van der Waals surface area contributed by atoms with Crippen LogP contribution in [0.25, 0.3) is 0 Å². The maximum Gasteiger partial charge on any atom is 0.222 e. The first-order valence-electron chi connectivity index (χ1n) is 8.30. The second kappa shape index (κ2) is 7.42. The van der Waals surface area contributed by atoms with E-state index in [9.17, 15) is 0 Å². The Hall–Kier alpha value is -2.14. The highest BCUT2D eigenvalue weighted by molar-refractivity contribution is 5.40. The van der Waals surface area contributed by atoms with Crippen molar-refractivity contribution in [1.29, 1.82) is 0 Å². The van der Waals surface area contributed by atoms with Gasteiger partial charge in [0, 0.05) is 31.4 Å². The molecule has 1 fully saturated rings. The first-order valence-corrected chi connectivity index (χ1v) is 8.30. The molecule has 1 atom stereocenters. The predicted molar refractivity (Wildman–Crippen MR) is 94.1 cm³/mol. The summed E-state index contributed by atoms with van der Waals surface area (Å²) in [6.45, 7) is 6.30. The number of rotatable bonds is 6. The number of nitrogen functional groups attached to an aromatic ring is 1.